The molecule has 1 aliphatic rings. The van der Waals surface area contributed by atoms with Gasteiger partial charge in [0.1, 0.15) is 5.60 Å². The SMILES string of the molecule is CC1CC(CNC(=O)OC(C)(C)C)OC1C. The summed E-state index contributed by atoms with van der Waals surface area (Å²) in [7, 11) is 0. The lowest BCUT2D eigenvalue weighted by Crippen LogP contribution is -2.36. The Hall–Kier alpha value is -0.770. The van der Waals surface area contributed by atoms with Gasteiger partial charge in [0, 0.05) is 6.54 Å². The van der Waals surface area contributed by atoms with Crippen molar-refractivity contribution in [2.75, 3.05) is 6.54 Å². The highest BCUT2D eigenvalue weighted by Gasteiger charge is 2.29. The number of nitrogens with one attached hydrogen (secondary N) is 1. The summed E-state index contributed by atoms with van der Waals surface area (Å²) in [6, 6.07) is 0. The van der Waals surface area contributed by atoms with Crippen molar-refractivity contribution in [3.8, 4) is 0 Å². The lowest BCUT2D eigenvalue weighted by atomic mass is 10.0. The second-order valence-electron chi connectivity index (χ2n) is 5.56. The van der Waals surface area contributed by atoms with Crippen LogP contribution < -0.4 is 5.32 Å². The van der Waals surface area contributed by atoms with E-state index in [2.05, 4.69) is 19.2 Å². The van der Waals surface area contributed by atoms with E-state index in [1.165, 1.54) is 0 Å². The average molecular weight is 229 g/mol. The molecule has 1 fully saturated rings. The Morgan fingerprint density at radius 1 is 1.44 bits per heavy atom. The molecular weight excluding hydrogens is 206 g/mol. The van der Waals surface area contributed by atoms with Crippen molar-refractivity contribution < 1.29 is 14.3 Å². The van der Waals surface area contributed by atoms with Crippen molar-refractivity contribution in [2.24, 2.45) is 5.92 Å². The maximum absolute atomic E-state index is 11.4. The van der Waals surface area contributed by atoms with Gasteiger partial charge in [-0.25, -0.2) is 4.79 Å². The molecule has 1 aliphatic heterocycles. The number of rotatable bonds is 2. The quantitative estimate of drug-likeness (QED) is 0.790. The van der Waals surface area contributed by atoms with Gasteiger partial charge < -0.3 is 14.8 Å². The highest BCUT2D eigenvalue weighted by molar-refractivity contribution is 5.67. The molecule has 94 valence electrons. The van der Waals surface area contributed by atoms with Gasteiger partial charge in [-0.2, -0.15) is 0 Å². The predicted octanol–water partition coefficient (Wildman–Crippen LogP) is 2.32. The molecule has 1 heterocycles. The molecule has 0 aliphatic carbocycles. The normalized spacial score (nSPS) is 30.2. The largest absolute Gasteiger partial charge is 0.444 e. The summed E-state index contributed by atoms with van der Waals surface area (Å²) in [5.41, 5.74) is -0.443. The zero-order chi connectivity index (χ0) is 12.3. The van der Waals surface area contributed by atoms with Crippen LogP contribution in [0.5, 0.6) is 0 Å². The maximum Gasteiger partial charge on any atom is 0.407 e. The third-order valence-electron chi connectivity index (χ3n) is 2.72. The number of alkyl carbamates (subject to hydrolysis) is 1. The molecule has 4 heteroatoms. The van der Waals surface area contributed by atoms with Crippen LogP contribution in [-0.4, -0.2) is 30.4 Å². The second-order valence-corrected chi connectivity index (χ2v) is 5.56. The first-order valence-electron chi connectivity index (χ1n) is 5.90. The summed E-state index contributed by atoms with van der Waals surface area (Å²) in [6.45, 7) is 10.3. The van der Waals surface area contributed by atoms with E-state index < -0.39 is 5.60 Å². The number of amides is 1. The third-order valence-corrected chi connectivity index (χ3v) is 2.72. The molecule has 1 N–H and O–H groups in total. The van der Waals surface area contributed by atoms with Crippen LogP contribution in [0.3, 0.4) is 0 Å². The molecule has 3 unspecified atom stereocenters. The van der Waals surface area contributed by atoms with E-state index >= 15 is 0 Å². The zero-order valence-electron chi connectivity index (χ0n) is 10.9. The minimum Gasteiger partial charge on any atom is -0.444 e. The summed E-state index contributed by atoms with van der Waals surface area (Å²) in [6.07, 6.45) is 1.03. The third kappa shape index (κ3) is 4.39. The molecule has 0 bridgehead atoms. The van der Waals surface area contributed by atoms with E-state index in [1.54, 1.807) is 0 Å². The van der Waals surface area contributed by atoms with Crippen LogP contribution in [-0.2, 0) is 9.47 Å². The van der Waals surface area contributed by atoms with E-state index in [1.807, 2.05) is 20.8 Å². The molecule has 0 aromatic carbocycles. The summed E-state index contributed by atoms with van der Waals surface area (Å²) in [5, 5.41) is 2.74. The maximum atomic E-state index is 11.4. The van der Waals surface area contributed by atoms with Crippen molar-refractivity contribution in [1.82, 2.24) is 5.32 Å². The molecule has 0 aromatic heterocycles. The Balaban J connectivity index is 2.23. The van der Waals surface area contributed by atoms with Crippen molar-refractivity contribution in [2.45, 2.75) is 58.8 Å². The standard InChI is InChI=1S/C12H23NO3/c1-8-6-10(15-9(8)2)7-13-11(14)16-12(3,4)5/h8-10H,6-7H2,1-5H3,(H,13,14). The van der Waals surface area contributed by atoms with Gasteiger partial charge in [0.25, 0.3) is 0 Å². The van der Waals surface area contributed by atoms with Gasteiger partial charge in [0.15, 0.2) is 0 Å². The highest BCUT2D eigenvalue weighted by Crippen LogP contribution is 2.25. The molecule has 1 rings (SSSR count). The molecule has 1 amide bonds. The average Bonchev–Trinajstić information content (AvgIpc) is 2.40. The molecule has 0 radical (unpaired) electrons. The fraction of sp³-hybridized carbons (Fsp3) is 0.917. The second kappa shape index (κ2) is 5.04. The number of carbonyl (C=O) groups is 1. The van der Waals surface area contributed by atoms with Gasteiger partial charge in [0.2, 0.25) is 0 Å². The van der Waals surface area contributed by atoms with Crippen LogP contribution in [0.2, 0.25) is 0 Å². The van der Waals surface area contributed by atoms with Crippen LogP contribution in [0.4, 0.5) is 4.79 Å². The van der Waals surface area contributed by atoms with Gasteiger partial charge in [-0.3, -0.25) is 0 Å². The fourth-order valence-corrected chi connectivity index (χ4v) is 1.74. The number of hydrogen-bond acceptors (Lipinski definition) is 3. The van der Waals surface area contributed by atoms with E-state index in [-0.39, 0.29) is 18.3 Å². The number of carbonyl (C=O) groups excluding carboxylic acids is 1. The Morgan fingerprint density at radius 2 is 2.06 bits per heavy atom. The summed E-state index contributed by atoms with van der Waals surface area (Å²) >= 11 is 0. The molecule has 3 atom stereocenters. The van der Waals surface area contributed by atoms with Crippen molar-refractivity contribution in [1.29, 1.82) is 0 Å². The van der Waals surface area contributed by atoms with Gasteiger partial charge >= 0.3 is 6.09 Å². The minimum absolute atomic E-state index is 0.123. The van der Waals surface area contributed by atoms with Gasteiger partial charge in [-0.15, -0.1) is 0 Å². The first-order valence-corrected chi connectivity index (χ1v) is 5.90. The Labute approximate surface area is 97.7 Å². The monoisotopic (exact) mass is 229 g/mol. The summed E-state index contributed by atoms with van der Waals surface area (Å²) in [4.78, 5) is 11.4. The number of hydrogen-bond donors (Lipinski definition) is 1. The number of ether oxygens (including phenoxy) is 2. The van der Waals surface area contributed by atoms with Gasteiger partial charge in [0.05, 0.1) is 12.2 Å². The van der Waals surface area contributed by atoms with Crippen LogP contribution in [0.1, 0.15) is 41.0 Å². The first kappa shape index (κ1) is 13.3. The predicted molar refractivity (Wildman–Crippen MR) is 62.4 cm³/mol. The molecular formula is C12H23NO3. The fourth-order valence-electron chi connectivity index (χ4n) is 1.74. The van der Waals surface area contributed by atoms with Crippen LogP contribution in [0.15, 0.2) is 0 Å². The van der Waals surface area contributed by atoms with Gasteiger partial charge in [-0.1, -0.05) is 6.92 Å². The Bertz CT molecular complexity index is 237. The van der Waals surface area contributed by atoms with Crippen molar-refractivity contribution in [3.05, 3.63) is 0 Å². The summed E-state index contributed by atoms with van der Waals surface area (Å²) < 4.78 is 10.8. The Morgan fingerprint density at radius 3 is 2.50 bits per heavy atom. The smallest absolute Gasteiger partial charge is 0.407 e. The topological polar surface area (TPSA) is 47.6 Å². The zero-order valence-corrected chi connectivity index (χ0v) is 10.9. The molecule has 0 spiro atoms. The van der Waals surface area contributed by atoms with E-state index in [0.717, 1.165) is 6.42 Å². The van der Waals surface area contributed by atoms with E-state index in [0.29, 0.717) is 12.5 Å². The molecule has 4 nitrogen and oxygen atoms in total. The van der Waals surface area contributed by atoms with Crippen molar-refractivity contribution >= 4 is 6.09 Å². The molecule has 16 heavy (non-hydrogen) atoms. The Kier molecular flexibility index (Phi) is 4.19. The highest BCUT2D eigenvalue weighted by atomic mass is 16.6. The van der Waals surface area contributed by atoms with Crippen LogP contribution in [0, 0.1) is 5.92 Å². The van der Waals surface area contributed by atoms with Crippen LogP contribution >= 0.6 is 0 Å². The molecule has 0 aromatic rings. The van der Waals surface area contributed by atoms with Crippen molar-refractivity contribution in [3.63, 3.8) is 0 Å². The minimum atomic E-state index is -0.443. The molecule has 1 saturated heterocycles. The lowest BCUT2D eigenvalue weighted by molar-refractivity contribution is 0.0336. The first-order chi connectivity index (χ1) is 7.28. The van der Waals surface area contributed by atoms with Gasteiger partial charge in [-0.05, 0) is 40.0 Å². The summed E-state index contributed by atoms with van der Waals surface area (Å²) in [5.74, 6) is 0.561. The van der Waals surface area contributed by atoms with E-state index in [4.69, 9.17) is 9.47 Å². The van der Waals surface area contributed by atoms with Crippen LogP contribution in [0.25, 0.3) is 0 Å². The molecule has 0 saturated carbocycles. The van der Waals surface area contributed by atoms with E-state index in [9.17, 15) is 4.79 Å². The lowest BCUT2D eigenvalue weighted by Gasteiger charge is -2.20.